The van der Waals surface area contributed by atoms with E-state index in [0.717, 1.165) is 5.82 Å². The van der Waals surface area contributed by atoms with E-state index in [-0.39, 0.29) is 6.04 Å². The lowest BCUT2D eigenvalue weighted by Crippen LogP contribution is -2.20. The molecule has 0 aliphatic heterocycles. The van der Waals surface area contributed by atoms with Crippen LogP contribution in [0.15, 0.2) is 54.2 Å². The van der Waals surface area contributed by atoms with Gasteiger partial charge in [0.2, 0.25) is 0 Å². The summed E-state index contributed by atoms with van der Waals surface area (Å²) in [5.74, 6) is 0.983. The monoisotopic (exact) mass is 283 g/mol. The maximum Gasteiger partial charge on any atom is 0.150 e. The van der Waals surface area contributed by atoms with Crippen LogP contribution in [0.25, 0.3) is 10.7 Å². The molecule has 2 heterocycles. The molecule has 4 heteroatoms. The predicted octanol–water partition coefficient (Wildman–Crippen LogP) is 3.47. The molecule has 0 spiro atoms. The van der Waals surface area contributed by atoms with Crippen molar-refractivity contribution < 1.29 is 0 Å². The van der Waals surface area contributed by atoms with Gasteiger partial charge < -0.3 is 10.3 Å². The Kier molecular flexibility index (Phi) is 3.67. The maximum atomic E-state index is 6.02. The number of nitrogens with two attached hydrogens (primary N) is 1. The molecule has 2 N–H and O–H groups in total. The molecule has 3 aromatic rings. The number of imidazole rings is 1. The van der Waals surface area contributed by atoms with E-state index in [4.69, 9.17) is 5.73 Å². The number of hydrogen-bond donors (Lipinski definition) is 1. The van der Waals surface area contributed by atoms with Crippen LogP contribution in [0.4, 0.5) is 0 Å². The smallest absolute Gasteiger partial charge is 0.150 e. The van der Waals surface area contributed by atoms with Crippen molar-refractivity contribution >= 4 is 11.3 Å². The molecule has 0 amide bonds. The van der Waals surface area contributed by atoms with Gasteiger partial charge in [-0.15, -0.1) is 11.3 Å². The molecular formula is C16H17N3S. The van der Waals surface area contributed by atoms with Gasteiger partial charge in [-0.05, 0) is 23.9 Å². The molecule has 0 saturated heterocycles. The van der Waals surface area contributed by atoms with Crippen molar-refractivity contribution in [3.05, 3.63) is 65.3 Å². The fraction of sp³-hybridized carbons (Fsp3) is 0.188. The largest absolute Gasteiger partial charge is 0.328 e. The zero-order valence-corrected chi connectivity index (χ0v) is 12.2. The fourth-order valence-corrected chi connectivity index (χ4v) is 3.17. The summed E-state index contributed by atoms with van der Waals surface area (Å²) < 4.78 is 2.17. The first kappa shape index (κ1) is 13.1. The molecule has 20 heavy (non-hydrogen) atoms. The van der Waals surface area contributed by atoms with E-state index in [1.165, 1.54) is 16.0 Å². The van der Waals surface area contributed by atoms with Gasteiger partial charge in [-0.25, -0.2) is 4.98 Å². The Morgan fingerprint density at radius 2 is 2.20 bits per heavy atom. The Bertz CT molecular complexity index is 685. The predicted molar refractivity (Wildman–Crippen MR) is 83.9 cm³/mol. The molecule has 3 rings (SSSR count). The Labute approximate surface area is 122 Å². The molecule has 0 aliphatic rings. The van der Waals surface area contributed by atoms with Crippen LogP contribution in [0.5, 0.6) is 0 Å². The first-order chi connectivity index (χ1) is 9.79. The highest BCUT2D eigenvalue weighted by molar-refractivity contribution is 7.13. The van der Waals surface area contributed by atoms with E-state index in [0.29, 0.717) is 6.54 Å². The second-order valence-electron chi connectivity index (χ2n) is 4.80. The first-order valence-electron chi connectivity index (χ1n) is 6.63. The lowest BCUT2D eigenvalue weighted by Gasteiger charge is -2.19. The summed E-state index contributed by atoms with van der Waals surface area (Å²) >= 11 is 1.70. The highest BCUT2D eigenvalue weighted by atomic mass is 32.1. The first-order valence-corrected chi connectivity index (χ1v) is 7.51. The van der Waals surface area contributed by atoms with Gasteiger partial charge in [0.25, 0.3) is 0 Å². The van der Waals surface area contributed by atoms with Crippen molar-refractivity contribution in [2.24, 2.45) is 5.73 Å². The van der Waals surface area contributed by atoms with Crippen LogP contribution in [-0.4, -0.2) is 16.1 Å². The number of thiophene rings is 1. The van der Waals surface area contributed by atoms with Crippen molar-refractivity contribution in [1.29, 1.82) is 0 Å². The van der Waals surface area contributed by atoms with Crippen LogP contribution < -0.4 is 5.73 Å². The molecule has 0 saturated carbocycles. The van der Waals surface area contributed by atoms with Crippen LogP contribution in [0.1, 0.15) is 17.2 Å². The average molecular weight is 283 g/mol. The van der Waals surface area contributed by atoms with Crippen molar-refractivity contribution in [3.63, 3.8) is 0 Å². The van der Waals surface area contributed by atoms with Crippen LogP contribution >= 0.6 is 11.3 Å². The summed E-state index contributed by atoms with van der Waals surface area (Å²) in [5, 5.41) is 2.07. The van der Waals surface area contributed by atoms with E-state index in [9.17, 15) is 0 Å². The van der Waals surface area contributed by atoms with E-state index in [1.54, 1.807) is 11.3 Å². The molecule has 0 radical (unpaired) electrons. The summed E-state index contributed by atoms with van der Waals surface area (Å²) in [6.07, 6.45) is 3.85. The lowest BCUT2D eigenvalue weighted by atomic mass is 10.0. The topological polar surface area (TPSA) is 43.8 Å². The quantitative estimate of drug-likeness (QED) is 0.796. The van der Waals surface area contributed by atoms with Crippen LogP contribution in [-0.2, 0) is 0 Å². The zero-order valence-electron chi connectivity index (χ0n) is 11.4. The number of aromatic nitrogens is 2. The van der Waals surface area contributed by atoms with Crippen LogP contribution in [0.2, 0.25) is 0 Å². The van der Waals surface area contributed by atoms with Gasteiger partial charge in [-0.1, -0.05) is 35.9 Å². The fourth-order valence-electron chi connectivity index (χ4n) is 2.45. The van der Waals surface area contributed by atoms with Gasteiger partial charge in [0.05, 0.1) is 10.9 Å². The van der Waals surface area contributed by atoms with Gasteiger partial charge >= 0.3 is 0 Å². The van der Waals surface area contributed by atoms with E-state index >= 15 is 0 Å². The van der Waals surface area contributed by atoms with Crippen molar-refractivity contribution in [2.45, 2.75) is 13.0 Å². The van der Waals surface area contributed by atoms with Crippen LogP contribution in [0, 0.1) is 6.92 Å². The normalized spacial score (nSPS) is 12.5. The SMILES string of the molecule is Cc1cccc(C(CN)n2ccnc2-c2cccs2)c1. The molecule has 2 aromatic heterocycles. The van der Waals surface area contributed by atoms with Gasteiger partial charge in [0.15, 0.2) is 5.82 Å². The second kappa shape index (κ2) is 5.61. The van der Waals surface area contributed by atoms with Gasteiger partial charge in [0, 0.05) is 18.9 Å². The summed E-state index contributed by atoms with van der Waals surface area (Å²) in [6.45, 7) is 2.66. The number of nitrogens with zero attached hydrogens (tertiary/aromatic N) is 2. The third-order valence-corrected chi connectivity index (χ3v) is 4.26. The third kappa shape index (κ3) is 2.40. The molecule has 1 atom stereocenters. The minimum atomic E-state index is 0.120. The number of hydrogen-bond acceptors (Lipinski definition) is 3. The molecular weight excluding hydrogens is 266 g/mol. The van der Waals surface area contributed by atoms with Gasteiger partial charge in [0.1, 0.15) is 0 Å². The van der Waals surface area contributed by atoms with Crippen LogP contribution in [0.3, 0.4) is 0 Å². The number of benzene rings is 1. The number of rotatable bonds is 4. The lowest BCUT2D eigenvalue weighted by molar-refractivity contribution is 0.600. The zero-order chi connectivity index (χ0) is 13.9. The van der Waals surface area contributed by atoms with Gasteiger partial charge in [-0.3, -0.25) is 0 Å². The van der Waals surface area contributed by atoms with Crippen molar-refractivity contribution in [1.82, 2.24) is 9.55 Å². The van der Waals surface area contributed by atoms with E-state index < -0.39 is 0 Å². The summed E-state index contributed by atoms with van der Waals surface area (Å²) in [4.78, 5) is 5.66. The van der Waals surface area contributed by atoms with Crippen molar-refractivity contribution in [2.75, 3.05) is 6.54 Å². The molecule has 102 valence electrons. The Morgan fingerprint density at radius 1 is 1.30 bits per heavy atom. The minimum absolute atomic E-state index is 0.120. The standard InChI is InChI=1S/C16H17N3S/c1-12-4-2-5-13(10-12)14(11-17)19-8-7-18-16(19)15-6-3-9-20-15/h2-10,14H,11,17H2,1H3. The summed E-state index contributed by atoms with van der Waals surface area (Å²) in [7, 11) is 0. The Balaban J connectivity index is 2.05. The summed E-state index contributed by atoms with van der Waals surface area (Å²) in [5.41, 5.74) is 8.50. The molecule has 0 bridgehead atoms. The Hall–Kier alpha value is -1.91. The average Bonchev–Trinajstić information content (AvgIpc) is 3.10. The molecule has 0 aliphatic carbocycles. The minimum Gasteiger partial charge on any atom is -0.328 e. The second-order valence-corrected chi connectivity index (χ2v) is 5.75. The van der Waals surface area contributed by atoms with E-state index in [1.807, 2.05) is 18.5 Å². The summed E-state index contributed by atoms with van der Waals surface area (Å²) in [6, 6.07) is 12.8. The van der Waals surface area contributed by atoms with Gasteiger partial charge in [-0.2, -0.15) is 0 Å². The third-order valence-electron chi connectivity index (χ3n) is 3.40. The van der Waals surface area contributed by atoms with Crippen molar-refractivity contribution in [3.8, 4) is 10.7 Å². The highest BCUT2D eigenvalue weighted by Gasteiger charge is 2.16. The molecule has 3 nitrogen and oxygen atoms in total. The molecule has 1 unspecified atom stereocenters. The molecule has 1 aromatic carbocycles. The molecule has 0 fully saturated rings. The maximum absolute atomic E-state index is 6.02. The number of aryl methyl sites for hydroxylation is 1. The highest BCUT2D eigenvalue weighted by Crippen LogP contribution is 2.28. The van der Waals surface area contributed by atoms with E-state index in [2.05, 4.69) is 52.2 Å². The Morgan fingerprint density at radius 3 is 2.90 bits per heavy atom.